The smallest absolute Gasteiger partial charge is 0.395 e. The molecule has 0 bridgehead atoms. The van der Waals surface area contributed by atoms with E-state index in [4.69, 9.17) is 14.8 Å². The summed E-state index contributed by atoms with van der Waals surface area (Å²) >= 11 is 0. The number of nitrogens with one attached hydrogen (secondary N) is 1. The Morgan fingerprint density at radius 2 is 1.21 bits per heavy atom. The van der Waals surface area contributed by atoms with Gasteiger partial charge >= 0.3 is 10.4 Å². The maximum absolute atomic E-state index is 10.2. The highest BCUT2D eigenvalue weighted by atomic mass is 32.3. The first-order valence-electron chi connectivity index (χ1n) is 9.02. The highest BCUT2D eigenvalue weighted by Gasteiger charge is 2.02. The predicted molar refractivity (Wildman–Crippen MR) is 96.4 cm³/mol. The second-order valence-corrected chi connectivity index (χ2v) is 6.72. The number of aliphatic hydroxyl groups is 2. The third-order valence-corrected chi connectivity index (χ3v) is 3.77. The second-order valence-electron chi connectivity index (χ2n) is 5.63. The molecule has 0 rings (SSSR count). The summed E-state index contributed by atoms with van der Waals surface area (Å²) in [6.45, 7) is 3.73. The fraction of sp³-hybridized carbons (Fsp3) is 1.00. The summed E-state index contributed by atoms with van der Waals surface area (Å²) in [5.41, 5.74) is 0. The van der Waals surface area contributed by atoms with Gasteiger partial charge in [-0.3, -0.25) is 4.55 Å². The lowest BCUT2D eigenvalue weighted by molar-refractivity contribution is 0.261. The van der Waals surface area contributed by atoms with Gasteiger partial charge in [0.05, 0.1) is 19.8 Å². The monoisotopic (exact) mass is 371 g/mol. The molecule has 0 fully saturated rings. The fourth-order valence-electron chi connectivity index (χ4n) is 2.04. The summed E-state index contributed by atoms with van der Waals surface area (Å²) < 4.78 is 33.0. The van der Waals surface area contributed by atoms with E-state index in [1.54, 1.807) is 0 Å². The molecule has 0 unspecified atom stereocenters. The first kappa shape index (κ1) is 26.0. The number of hydrogen-bond acceptors (Lipinski definition) is 6. The molecule has 0 spiro atoms. The number of rotatable bonds is 16. The van der Waals surface area contributed by atoms with Gasteiger partial charge in [-0.25, -0.2) is 4.18 Å². The van der Waals surface area contributed by atoms with Gasteiger partial charge < -0.3 is 15.5 Å². The van der Waals surface area contributed by atoms with Crippen molar-refractivity contribution in [3.63, 3.8) is 0 Å². The molecule has 0 aromatic rings. The summed E-state index contributed by atoms with van der Waals surface area (Å²) in [4.78, 5) is 0. The average Bonchev–Trinajstić information content (AvgIpc) is 2.53. The van der Waals surface area contributed by atoms with Gasteiger partial charge in [0.25, 0.3) is 0 Å². The maximum Gasteiger partial charge on any atom is 0.397 e. The molecule has 0 amide bonds. The van der Waals surface area contributed by atoms with Crippen LogP contribution in [-0.4, -0.2) is 56.1 Å². The zero-order valence-electron chi connectivity index (χ0n) is 15.1. The fourth-order valence-corrected chi connectivity index (χ4v) is 2.37. The van der Waals surface area contributed by atoms with Gasteiger partial charge in [0, 0.05) is 13.1 Å². The van der Waals surface area contributed by atoms with Crippen molar-refractivity contribution in [2.24, 2.45) is 0 Å². The molecule has 0 radical (unpaired) electrons. The minimum absolute atomic E-state index is 0.0926. The van der Waals surface area contributed by atoms with Crippen LogP contribution in [0.4, 0.5) is 0 Å². The van der Waals surface area contributed by atoms with E-state index in [-0.39, 0.29) is 19.8 Å². The molecule has 4 N–H and O–H groups in total. The lowest BCUT2D eigenvalue weighted by Crippen LogP contribution is -2.21. The lowest BCUT2D eigenvalue weighted by atomic mass is 10.1. The molecule has 0 aliphatic heterocycles. The van der Waals surface area contributed by atoms with Crippen molar-refractivity contribution in [2.75, 3.05) is 32.9 Å². The summed E-state index contributed by atoms with van der Waals surface area (Å²) in [5.74, 6) is 0. The lowest BCUT2D eigenvalue weighted by Gasteiger charge is -2.02. The van der Waals surface area contributed by atoms with Crippen LogP contribution in [0.25, 0.3) is 0 Å². The quantitative estimate of drug-likeness (QED) is 0.243. The Hall–Kier alpha value is -0.250. The van der Waals surface area contributed by atoms with Gasteiger partial charge in [0.15, 0.2) is 0 Å². The molecule has 0 atom stereocenters. The number of aliphatic hydroxyl groups excluding tert-OH is 2. The van der Waals surface area contributed by atoms with Crippen molar-refractivity contribution in [3.8, 4) is 0 Å². The van der Waals surface area contributed by atoms with E-state index in [9.17, 15) is 8.42 Å². The van der Waals surface area contributed by atoms with Crippen LogP contribution in [0.5, 0.6) is 0 Å². The van der Waals surface area contributed by atoms with Crippen molar-refractivity contribution in [1.29, 1.82) is 0 Å². The SMILES string of the molecule is CCCCCCCCCCCCOS(=O)(=O)O.OCCNCCO. The van der Waals surface area contributed by atoms with Crippen LogP contribution in [0.3, 0.4) is 0 Å². The van der Waals surface area contributed by atoms with Gasteiger partial charge in [-0.05, 0) is 6.42 Å². The standard InChI is InChI=1S/C12H26O4S.C4H11NO2/c1-2-3-4-5-6-7-8-9-10-11-12-16-17(13,14)15;6-3-1-5-2-4-7/h2-12H2,1H3,(H,13,14,15);5-7H,1-4H2. The van der Waals surface area contributed by atoms with E-state index in [1.165, 1.54) is 44.9 Å². The number of hydrogen-bond donors (Lipinski definition) is 4. The molecular weight excluding hydrogens is 334 g/mol. The van der Waals surface area contributed by atoms with Crippen LogP contribution < -0.4 is 5.32 Å². The van der Waals surface area contributed by atoms with Crippen LogP contribution >= 0.6 is 0 Å². The molecular formula is C16H37NO6S. The van der Waals surface area contributed by atoms with E-state index < -0.39 is 10.4 Å². The Labute approximate surface area is 147 Å². The first-order chi connectivity index (χ1) is 11.5. The second kappa shape index (κ2) is 20.8. The highest BCUT2D eigenvalue weighted by Crippen LogP contribution is 2.10. The Bertz CT molecular complexity index is 321. The van der Waals surface area contributed by atoms with Gasteiger partial charge in [-0.15, -0.1) is 0 Å². The number of unbranched alkanes of at least 4 members (excludes halogenated alkanes) is 9. The van der Waals surface area contributed by atoms with E-state index in [0.29, 0.717) is 19.5 Å². The summed E-state index contributed by atoms with van der Waals surface area (Å²) in [5, 5.41) is 19.1. The first-order valence-corrected chi connectivity index (χ1v) is 10.4. The van der Waals surface area contributed by atoms with Crippen molar-refractivity contribution in [3.05, 3.63) is 0 Å². The van der Waals surface area contributed by atoms with E-state index in [0.717, 1.165) is 12.8 Å². The third-order valence-electron chi connectivity index (χ3n) is 3.31. The van der Waals surface area contributed by atoms with Gasteiger partial charge in [0.2, 0.25) is 0 Å². The third kappa shape index (κ3) is 29.7. The van der Waals surface area contributed by atoms with Crippen LogP contribution in [-0.2, 0) is 14.6 Å². The molecule has 148 valence electrons. The Morgan fingerprint density at radius 1 is 0.792 bits per heavy atom. The summed E-state index contributed by atoms with van der Waals surface area (Å²) in [6, 6.07) is 0. The summed E-state index contributed by atoms with van der Waals surface area (Å²) in [6.07, 6.45) is 11.9. The Balaban J connectivity index is 0. The molecule has 0 saturated carbocycles. The molecule has 7 nitrogen and oxygen atoms in total. The van der Waals surface area contributed by atoms with Crippen LogP contribution in [0.15, 0.2) is 0 Å². The maximum atomic E-state index is 10.2. The van der Waals surface area contributed by atoms with E-state index in [1.807, 2.05) is 0 Å². The van der Waals surface area contributed by atoms with Crippen LogP contribution in [0.1, 0.15) is 71.1 Å². The van der Waals surface area contributed by atoms with Gasteiger partial charge in [-0.1, -0.05) is 64.7 Å². The minimum Gasteiger partial charge on any atom is -0.395 e. The minimum atomic E-state index is -4.23. The van der Waals surface area contributed by atoms with Crippen LogP contribution in [0.2, 0.25) is 0 Å². The zero-order chi connectivity index (χ0) is 18.5. The zero-order valence-corrected chi connectivity index (χ0v) is 15.9. The molecule has 0 aliphatic rings. The predicted octanol–water partition coefficient (Wildman–Crippen LogP) is 2.29. The highest BCUT2D eigenvalue weighted by molar-refractivity contribution is 7.80. The van der Waals surface area contributed by atoms with Gasteiger partial charge in [-0.2, -0.15) is 8.42 Å². The van der Waals surface area contributed by atoms with Crippen molar-refractivity contribution >= 4 is 10.4 Å². The van der Waals surface area contributed by atoms with Crippen molar-refractivity contribution in [1.82, 2.24) is 5.32 Å². The largest absolute Gasteiger partial charge is 0.397 e. The topological polar surface area (TPSA) is 116 Å². The average molecular weight is 372 g/mol. The molecule has 0 heterocycles. The normalized spacial score (nSPS) is 11.2. The summed E-state index contributed by atoms with van der Waals surface area (Å²) in [7, 11) is -4.23. The molecule has 24 heavy (non-hydrogen) atoms. The van der Waals surface area contributed by atoms with Gasteiger partial charge in [0.1, 0.15) is 0 Å². The molecule has 0 saturated heterocycles. The Morgan fingerprint density at radius 3 is 1.58 bits per heavy atom. The molecule has 8 heteroatoms. The van der Waals surface area contributed by atoms with Crippen molar-refractivity contribution < 1.29 is 27.4 Å². The van der Waals surface area contributed by atoms with Crippen LogP contribution in [0, 0.1) is 0 Å². The van der Waals surface area contributed by atoms with E-state index in [2.05, 4.69) is 16.4 Å². The molecule has 0 aliphatic carbocycles. The van der Waals surface area contributed by atoms with E-state index >= 15 is 0 Å². The Kier molecular flexibility index (Phi) is 22.5. The molecule has 0 aromatic heterocycles. The van der Waals surface area contributed by atoms with Crippen molar-refractivity contribution in [2.45, 2.75) is 71.1 Å². The molecule has 0 aromatic carbocycles.